The van der Waals surface area contributed by atoms with Crippen LogP contribution in [-0.2, 0) is 10.0 Å². The van der Waals surface area contributed by atoms with Gasteiger partial charge in [0.2, 0.25) is 10.0 Å². The van der Waals surface area contributed by atoms with Crippen LogP contribution in [0.15, 0.2) is 0 Å². The Balaban J connectivity index is 2.45. The number of alkyl halides is 2. The summed E-state index contributed by atoms with van der Waals surface area (Å²) in [7, 11) is -3.55. The number of hydrogen-bond acceptors (Lipinski definition) is 3. The second kappa shape index (κ2) is 4.30. The summed E-state index contributed by atoms with van der Waals surface area (Å²) in [4.78, 5) is 0. The Kier molecular flexibility index (Phi) is 3.57. The third-order valence-electron chi connectivity index (χ3n) is 1.89. The Morgan fingerprint density at radius 1 is 1.54 bits per heavy atom. The Morgan fingerprint density at radius 3 is 2.69 bits per heavy atom. The van der Waals surface area contributed by atoms with Crippen molar-refractivity contribution < 1.29 is 17.2 Å². The van der Waals surface area contributed by atoms with E-state index in [2.05, 4.69) is 5.32 Å². The summed E-state index contributed by atoms with van der Waals surface area (Å²) in [6, 6.07) is 0. The minimum atomic E-state index is -3.55. The maximum absolute atomic E-state index is 11.7. The molecule has 1 aliphatic rings. The van der Waals surface area contributed by atoms with Crippen molar-refractivity contribution in [1.82, 2.24) is 10.0 Å². The summed E-state index contributed by atoms with van der Waals surface area (Å²) in [5.74, 6) is 0. The van der Waals surface area contributed by atoms with Crippen LogP contribution in [-0.4, -0.2) is 39.7 Å². The van der Waals surface area contributed by atoms with E-state index >= 15 is 0 Å². The first-order valence-corrected chi connectivity index (χ1v) is 5.54. The van der Waals surface area contributed by atoms with Gasteiger partial charge in [-0.2, -0.15) is 0 Å². The molecule has 0 aromatic heterocycles. The quantitative estimate of drug-likeness (QED) is 0.665. The summed E-state index contributed by atoms with van der Waals surface area (Å²) in [5, 5.41) is 2.30. The number of halogens is 2. The van der Waals surface area contributed by atoms with Gasteiger partial charge in [-0.05, 0) is 13.0 Å². The molecule has 0 bridgehead atoms. The van der Waals surface area contributed by atoms with E-state index in [9.17, 15) is 17.2 Å². The van der Waals surface area contributed by atoms with Gasteiger partial charge in [-0.3, -0.25) is 0 Å². The Hall–Kier alpha value is -0.270. The maximum Gasteiger partial charge on any atom is 0.251 e. The van der Waals surface area contributed by atoms with E-state index in [-0.39, 0.29) is 0 Å². The third kappa shape index (κ3) is 3.17. The molecular formula is C6H12F2N2O2S. The SMILES string of the molecule is O=S(=O)(NCC(F)F)C1CCNC1. The lowest BCUT2D eigenvalue weighted by Crippen LogP contribution is -2.38. The lowest BCUT2D eigenvalue weighted by atomic mass is 10.4. The highest BCUT2D eigenvalue weighted by Gasteiger charge is 2.28. The first-order chi connectivity index (χ1) is 6.02. The fraction of sp³-hybridized carbons (Fsp3) is 1.00. The van der Waals surface area contributed by atoms with Crippen LogP contribution in [0.1, 0.15) is 6.42 Å². The zero-order valence-electron chi connectivity index (χ0n) is 6.96. The van der Waals surface area contributed by atoms with Crippen LogP contribution in [0.3, 0.4) is 0 Å². The van der Waals surface area contributed by atoms with Gasteiger partial charge in [-0.15, -0.1) is 0 Å². The average Bonchev–Trinajstić information content (AvgIpc) is 2.53. The number of sulfonamides is 1. The van der Waals surface area contributed by atoms with Gasteiger partial charge in [-0.25, -0.2) is 21.9 Å². The van der Waals surface area contributed by atoms with Crippen molar-refractivity contribution in [3.8, 4) is 0 Å². The number of nitrogens with one attached hydrogen (secondary N) is 2. The van der Waals surface area contributed by atoms with E-state index in [1.54, 1.807) is 0 Å². The molecule has 7 heteroatoms. The van der Waals surface area contributed by atoms with Crippen molar-refractivity contribution in [2.75, 3.05) is 19.6 Å². The summed E-state index contributed by atoms with van der Waals surface area (Å²) < 4.78 is 47.8. The Bertz CT molecular complexity index is 249. The molecule has 1 saturated heterocycles. The predicted octanol–water partition coefficient (Wildman–Crippen LogP) is -0.467. The second-order valence-corrected chi connectivity index (χ2v) is 4.94. The van der Waals surface area contributed by atoms with Crippen molar-refractivity contribution in [2.45, 2.75) is 18.1 Å². The highest BCUT2D eigenvalue weighted by Crippen LogP contribution is 2.08. The lowest BCUT2D eigenvalue weighted by Gasteiger charge is -2.10. The minimum Gasteiger partial charge on any atom is -0.315 e. The number of hydrogen-bond donors (Lipinski definition) is 2. The molecule has 0 radical (unpaired) electrons. The molecule has 0 aromatic rings. The summed E-state index contributed by atoms with van der Waals surface area (Å²) in [6.45, 7) is 0.178. The first-order valence-electron chi connectivity index (χ1n) is 4.00. The largest absolute Gasteiger partial charge is 0.315 e. The lowest BCUT2D eigenvalue weighted by molar-refractivity contribution is 0.153. The third-order valence-corrected chi connectivity index (χ3v) is 3.74. The monoisotopic (exact) mass is 214 g/mol. The number of rotatable bonds is 4. The molecular weight excluding hydrogens is 202 g/mol. The Labute approximate surface area is 75.7 Å². The second-order valence-electron chi connectivity index (χ2n) is 2.90. The highest BCUT2D eigenvalue weighted by molar-refractivity contribution is 7.90. The van der Waals surface area contributed by atoms with Gasteiger partial charge in [0.05, 0.1) is 11.8 Å². The van der Waals surface area contributed by atoms with Gasteiger partial charge >= 0.3 is 0 Å². The molecule has 0 aliphatic carbocycles. The minimum absolute atomic E-state index is 0.346. The first kappa shape index (κ1) is 10.8. The van der Waals surface area contributed by atoms with Gasteiger partial charge in [-0.1, -0.05) is 0 Å². The van der Waals surface area contributed by atoms with Gasteiger partial charge in [0, 0.05) is 6.54 Å². The van der Waals surface area contributed by atoms with E-state index < -0.39 is 28.2 Å². The molecule has 4 nitrogen and oxygen atoms in total. The molecule has 0 aromatic carbocycles. The molecule has 1 rings (SSSR count). The molecule has 1 unspecified atom stereocenters. The molecule has 0 spiro atoms. The highest BCUT2D eigenvalue weighted by atomic mass is 32.2. The van der Waals surface area contributed by atoms with Gasteiger partial charge < -0.3 is 5.32 Å². The van der Waals surface area contributed by atoms with Crippen molar-refractivity contribution in [1.29, 1.82) is 0 Å². The van der Waals surface area contributed by atoms with Gasteiger partial charge in [0.1, 0.15) is 0 Å². The molecule has 0 amide bonds. The van der Waals surface area contributed by atoms with Crippen molar-refractivity contribution in [2.24, 2.45) is 0 Å². The van der Waals surface area contributed by atoms with E-state index in [1.807, 2.05) is 4.72 Å². The predicted molar refractivity (Wildman–Crippen MR) is 44.2 cm³/mol. The van der Waals surface area contributed by atoms with Gasteiger partial charge in [0.15, 0.2) is 0 Å². The summed E-state index contributed by atoms with van der Waals surface area (Å²) in [5.41, 5.74) is 0. The van der Waals surface area contributed by atoms with Crippen molar-refractivity contribution in [3.63, 3.8) is 0 Å². The zero-order chi connectivity index (χ0) is 9.90. The summed E-state index contributed by atoms with van der Waals surface area (Å²) >= 11 is 0. The molecule has 1 fully saturated rings. The smallest absolute Gasteiger partial charge is 0.251 e. The normalized spacial score (nSPS) is 24.1. The molecule has 1 aliphatic heterocycles. The maximum atomic E-state index is 11.7. The van der Waals surface area contributed by atoms with Crippen molar-refractivity contribution >= 4 is 10.0 Å². The molecule has 78 valence electrons. The van der Waals surface area contributed by atoms with Gasteiger partial charge in [0.25, 0.3) is 6.43 Å². The van der Waals surface area contributed by atoms with E-state index in [0.717, 1.165) is 0 Å². The average molecular weight is 214 g/mol. The molecule has 1 atom stereocenters. The topological polar surface area (TPSA) is 58.2 Å². The molecule has 2 N–H and O–H groups in total. The fourth-order valence-corrected chi connectivity index (χ4v) is 2.55. The van der Waals surface area contributed by atoms with Crippen LogP contribution in [0.5, 0.6) is 0 Å². The van der Waals surface area contributed by atoms with Crippen LogP contribution in [0.4, 0.5) is 8.78 Å². The molecule has 1 heterocycles. The Morgan fingerprint density at radius 2 is 2.23 bits per heavy atom. The van der Waals surface area contributed by atoms with E-state index in [0.29, 0.717) is 19.5 Å². The summed E-state index contributed by atoms with van der Waals surface area (Å²) in [6.07, 6.45) is -2.15. The molecule has 13 heavy (non-hydrogen) atoms. The van der Waals surface area contributed by atoms with Crippen LogP contribution in [0, 0.1) is 0 Å². The van der Waals surface area contributed by atoms with E-state index in [4.69, 9.17) is 0 Å². The van der Waals surface area contributed by atoms with E-state index in [1.165, 1.54) is 0 Å². The van der Waals surface area contributed by atoms with Crippen LogP contribution >= 0.6 is 0 Å². The molecule has 0 saturated carbocycles. The van der Waals surface area contributed by atoms with Crippen LogP contribution in [0.25, 0.3) is 0 Å². The van der Waals surface area contributed by atoms with Crippen molar-refractivity contribution in [3.05, 3.63) is 0 Å². The van der Waals surface area contributed by atoms with Crippen LogP contribution < -0.4 is 10.0 Å². The standard InChI is InChI=1S/C6H12F2N2O2S/c7-6(8)4-10-13(11,12)5-1-2-9-3-5/h5-6,9-10H,1-4H2. The zero-order valence-corrected chi connectivity index (χ0v) is 7.78. The fourth-order valence-electron chi connectivity index (χ4n) is 1.19. The van der Waals surface area contributed by atoms with Crippen LogP contribution in [0.2, 0.25) is 0 Å².